The number of nitrogens with one attached hydrogen (secondary N) is 1. The van der Waals surface area contributed by atoms with E-state index in [1.54, 1.807) is 19.9 Å². The molecule has 0 aliphatic carbocycles. The second-order valence-corrected chi connectivity index (χ2v) is 8.44. The van der Waals surface area contributed by atoms with Crippen LogP contribution in [0.4, 0.5) is 0 Å². The molecule has 2 N–H and O–H groups in total. The number of rotatable bonds is 5. The minimum atomic E-state index is -3.58. The van der Waals surface area contributed by atoms with Crippen LogP contribution in [0.5, 0.6) is 0 Å². The van der Waals surface area contributed by atoms with Gasteiger partial charge < -0.3 is 5.11 Å². The Labute approximate surface area is 114 Å². The van der Waals surface area contributed by atoms with Crippen molar-refractivity contribution in [3.63, 3.8) is 0 Å². The van der Waals surface area contributed by atoms with Gasteiger partial charge in [0, 0.05) is 4.88 Å². The van der Waals surface area contributed by atoms with E-state index in [4.69, 9.17) is 0 Å². The Morgan fingerprint density at radius 2 is 2.18 bits per heavy atom. The summed E-state index contributed by atoms with van der Waals surface area (Å²) >= 11 is 4.64. The molecule has 1 atom stereocenters. The van der Waals surface area contributed by atoms with Crippen LogP contribution < -0.4 is 4.72 Å². The molecule has 1 unspecified atom stereocenters. The van der Waals surface area contributed by atoms with Crippen molar-refractivity contribution >= 4 is 37.3 Å². The lowest BCUT2D eigenvalue weighted by Crippen LogP contribution is -2.48. The number of thiophene rings is 1. The van der Waals surface area contributed by atoms with Crippen molar-refractivity contribution in [2.75, 3.05) is 6.61 Å². The Bertz CT molecular complexity index is 492. The zero-order valence-electron chi connectivity index (χ0n) is 9.95. The maximum absolute atomic E-state index is 12.2. The second kappa shape index (κ2) is 5.36. The number of aliphatic hydroxyl groups excluding tert-OH is 1. The SMILES string of the molecule is CCC(C)(CO)NS(=O)(=O)c1cc(Br)sc1C. The first-order chi connectivity index (χ1) is 7.74. The minimum Gasteiger partial charge on any atom is -0.394 e. The van der Waals surface area contributed by atoms with E-state index in [-0.39, 0.29) is 11.5 Å². The van der Waals surface area contributed by atoms with E-state index in [9.17, 15) is 13.5 Å². The number of halogens is 1. The molecular formula is C10H16BrNO3S2. The third kappa shape index (κ3) is 3.51. The van der Waals surface area contributed by atoms with Gasteiger partial charge in [-0.15, -0.1) is 11.3 Å². The van der Waals surface area contributed by atoms with Gasteiger partial charge in [0.15, 0.2) is 0 Å². The zero-order chi connectivity index (χ0) is 13.3. The van der Waals surface area contributed by atoms with Crippen molar-refractivity contribution in [2.24, 2.45) is 0 Å². The third-order valence-electron chi connectivity index (χ3n) is 2.64. The normalized spacial score (nSPS) is 15.8. The van der Waals surface area contributed by atoms with Crippen LogP contribution in [0.15, 0.2) is 14.7 Å². The van der Waals surface area contributed by atoms with Crippen LogP contribution in [0.3, 0.4) is 0 Å². The average molecular weight is 342 g/mol. The van der Waals surface area contributed by atoms with Crippen LogP contribution in [0.2, 0.25) is 0 Å². The summed E-state index contributed by atoms with van der Waals surface area (Å²) in [6, 6.07) is 1.58. The van der Waals surface area contributed by atoms with Crippen LogP contribution in [-0.2, 0) is 10.0 Å². The Morgan fingerprint density at radius 3 is 2.53 bits per heavy atom. The van der Waals surface area contributed by atoms with Crippen LogP contribution in [0.1, 0.15) is 25.1 Å². The summed E-state index contributed by atoms with van der Waals surface area (Å²) < 4.78 is 27.6. The molecule has 0 saturated carbocycles. The van der Waals surface area contributed by atoms with Crippen LogP contribution in [0, 0.1) is 6.92 Å². The molecule has 7 heteroatoms. The van der Waals surface area contributed by atoms with Crippen molar-refractivity contribution in [3.8, 4) is 0 Å². The van der Waals surface area contributed by atoms with Crippen molar-refractivity contribution in [1.82, 2.24) is 4.72 Å². The van der Waals surface area contributed by atoms with Gasteiger partial charge in [-0.25, -0.2) is 13.1 Å². The standard InChI is InChI=1S/C10H16BrNO3S2/c1-4-10(3,6-13)12-17(14,15)8-5-9(11)16-7(8)2/h5,12-13H,4,6H2,1-3H3. The van der Waals surface area contributed by atoms with E-state index in [2.05, 4.69) is 20.7 Å². The molecule has 1 aromatic rings. The summed E-state index contributed by atoms with van der Waals surface area (Å²) in [6.07, 6.45) is 0.521. The van der Waals surface area contributed by atoms with Crippen molar-refractivity contribution in [2.45, 2.75) is 37.6 Å². The first-order valence-corrected chi connectivity index (χ1v) is 8.24. The van der Waals surface area contributed by atoms with E-state index in [0.717, 1.165) is 8.66 Å². The minimum absolute atomic E-state index is 0.229. The number of sulfonamides is 1. The molecule has 1 heterocycles. The predicted molar refractivity (Wildman–Crippen MR) is 72.9 cm³/mol. The molecule has 0 aliphatic rings. The predicted octanol–water partition coefficient (Wildman–Crippen LogP) is 2.26. The van der Waals surface area contributed by atoms with E-state index in [0.29, 0.717) is 6.42 Å². The first kappa shape index (κ1) is 15.1. The fourth-order valence-corrected chi connectivity index (χ4v) is 5.18. The third-order valence-corrected chi connectivity index (χ3v) is 6.09. The lowest BCUT2D eigenvalue weighted by atomic mass is 10.0. The van der Waals surface area contributed by atoms with Gasteiger partial charge in [-0.1, -0.05) is 6.92 Å². The molecule has 1 rings (SSSR count). The highest BCUT2D eigenvalue weighted by atomic mass is 79.9. The quantitative estimate of drug-likeness (QED) is 0.863. The van der Waals surface area contributed by atoms with Gasteiger partial charge in [-0.2, -0.15) is 0 Å². The summed E-state index contributed by atoms with van der Waals surface area (Å²) in [5.41, 5.74) is -0.820. The Balaban J connectivity index is 3.09. The van der Waals surface area contributed by atoms with Crippen molar-refractivity contribution in [3.05, 3.63) is 14.7 Å². The lowest BCUT2D eigenvalue weighted by molar-refractivity contribution is 0.191. The maximum atomic E-state index is 12.2. The highest BCUT2D eigenvalue weighted by Gasteiger charge is 2.30. The van der Waals surface area contributed by atoms with Gasteiger partial charge in [-0.05, 0) is 42.3 Å². The highest BCUT2D eigenvalue weighted by molar-refractivity contribution is 9.11. The Morgan fingerprint density at radius 1 is 1.59 bits per heavy atom. The van der Waals surface area contributed by atoms with Crippen molar-refractivity contribution in [1.29, 1.82) is 0 Å². The molecule has 1 aromatic heterocycles. The highest BCUT2D eigenvalue weighted by Crippen LogP contribution is 2.30. The molecule has 0 fully saturated rings. The molecule has 0 bridgehead atoms. The zero-order valence-corrected chi connectivity index (χ0v) is 13.2. The Hall–Kier alpha value is 0.0500. The van der Waals surface area contributed by atoms with Crippen LogP contribution in [0.25, 0.3) is 0 Å². The number of aryl methyl sites for hydroxylation is 1. The summed E-state index contributed by atoms with van der Waals surface area (Å²) in [4.78, 5) is 0.989. The molecule has 98 valence electrons. The van der Waals surface area contributed by atoms with E-state index >= 15 is 0 Å². The molecule has 0 amide bonds. The number of aliphatic hydroxyl groups is 1. The van der Waals surface area contributed by atoms with E-state index in [1.807, 2.05) is 6.92 Å². The summed E-state index contributed by atoms with van der Waals surface area (Å²) in [5, 5.41) is 9.24. The molecule has 0 spiro atoms. The molecule has 4 nitrogen and oxygen atoms in total. The monoisotopic (exact) mass is 341 g/mol. The lowest BCUT2D eigenvalue weighted by Gasteiger charge is -2.26. The number of hydrogen-bond acceptors (Lipinski definition) is 4. The average Bonchev–Trinajstić information content (AvgIpc) is 2.58. The van der Waals surface area contributed by atoms with Gasteiger partial charge in [0.25, 0.3) is 0 Å². The molecule has 0 aliphatic heterocycles. The fraction of sp³-hybridized carbons (Fsp3) is 0.600. The molecule has 0 saturated heterocycles. The molecule has 0 radical (unpaired) electrons. The Kier molecular flexibility index (Phi) is 4.76. The van der Waals surface area contributed by atoms with Gasteiger partial charge in [-0.3, -0.25) is 0 Å². The fourth-order valence-electron chi connectivity index (χ4n) is 1.29. The van der Waals surface area contributed by atoms with Gasteiger partial charge in [0.1, 0.15) is 0 Å². The van der Waals surface area contributed by atoms with Crippen LogP contribution in [-0.4, -0.2) is 25.7 Å². The summed E-state index contributed by atoms with van der Waals surface area (Å²) in [5.74, 6) is 0. The summed E-state index contributed by atoms with van der Waals surface area (Å²) in [6.45, 7) is 5.04. The topological polar surface area (TPSA) is 66.4 Å². The van der Waals surface area contributed by atoms with E-state index in [1.165, 1.54) is 11.3 Å². The first-order valence-electron chi connectivity index (χ1n) is 5.15. The smallest absolute Gasteiger partial charge is 0.242 e. The molecule has 0 aromatic carbocycles. The van der Waals surface area contributed by atoms with E-state index < -0.39 is 15.6 Å². The number of hydrogen-bond donors (Lipinski definition) is 2. The van der Waals surface area contributed by atoms with Gasteiger partial charge in [0.05, 0.1) is 20.8 Å². The molecular weight excluding hydrogens is 326 g/mol. The van der Waals surface area contributed by atoms with Crippen LogP contribution >= 0.6 is 27.3 Å². The van der Waals surface area contributed by atoms with Gasteiger partial charge >= 0.3 is 0 Å². The van der Waals surface area contributed by atoms with Crippen molar-refractivity contribution < 1.29 is 13.5 Å². The second-order valence-electron chi connectivity index (χ2n) is 4.15. The van der Waals surface area contributed by atoms with Gasteiger partial charge in [0.2, 0.25) is 10.0 Å². The molecule has 17 heavy (non-hydrogen) atoms. The largest absolute Gasteiger partial charge is 0.394 e. The maximum Gasteiger partial charge on any atom is 0.242 e. The summed E-state index contributed by atoms with van der Waals surface area (Å²) in [7, 11) is -3.58.